The SMILES string of the molecule is Cc1nc(N2CCCC2)ccc1NC(=O)c1ccc2cc[nH]c2c1. The van der Waals surface area contributed by atoms with E-state index in [1.807, 2.05) is 49.5 Å². The number of aromatic nitrogens is 2. The number of H-pyrrole nitrogens is 1. The molecule has 5 nitrogen and oxygen atoms in total. The van der Waals surface area contributed by atoms with Crippen LogP contribution in [0.1, 0.15) is 28.9 Å². The Morgan fingerprint density at radius 2 is 2.00 bits per heavy atom. The largest absolute Gasteiger partial charge is 0.361 e. The number of hydrogen-bond acceptors (Lipinski definition) is 3. The molecule has 2 N–H and O–H groups in total. The smallest absolute Gasteiger partial charge is 0.255 e. The molecule has 24 heavy (non-hydrogen) atoms. The summed E-state index contributed by atoms with van der Waals surface area (Å²) in [6.45, 7) is 4.06. The third kappa shape index (κ3) is 2.73. The van der Waals surface area contributed by atoms with Crippen LogP contribution in [0.15, 0.2) is 42.6 Å². The van der Waals surface area contributed by atoms with Crippen molar-refractivity contribution in [3.63, 3.8) is 0 Å². The van der Waals surface area contributed by atoms with Gasteiger partial charge < -0.3 is 15.2 Å². The average molecular weight is 320 g/mol. The Labute approximate surface area is 140 Å². The van der Waals surface area contributed by atoms with Crippen molar-refractivity contribution in [1.29, 1.82) is 0 Å². The maximum absolute atomic E-state index is 12.5. The minimum atomic E-state index is -0.120. The second-order valence-electron chi connectivity index (χ2n) is 6.23. The number of pyridine rings is 1. The lowest BCUT2D eigenvalue weighted by atomic mass is 10.1. The van der Waals surface area contributed by atoms with Gasteiger partial charge in [-0.25, -0.2) is 4.98 Å². The zero-order chi connectivity index (χ0) is 16.5. The number of nitrogens with one attached hydrogen (secondary N) is 2. The van der Waals surface area contributed by atoms with Crippen molar-refractivity contribution < 1.29 is 4.79 Å². The van der Waals surface area contributed by atoms with Crippen LogP contribution >= 0.6 is 0 Å². The van der Waals surface area contributed by atoms with Crippen LogP contribution in [-0.4, -0.2) is 29.0 Å². The van der Waals surface area contributed by atoms with Gasteiger partial charge in [0.1, 0.15) is 5.82 Å². The second kappa shape index (κ2) is 6.00. The van der Waals surface area contributed by atoms with Crippen molar-refractivity contribution in [2.45, 2.75) is 19.8 Å². The molecule has 0 bridgehead atoms. The summed E-state index contributed by atoms with van der Waals surface area (Å²) in [6, 6.07) is 11.6. The molecule has 4 rings (SSSR count). The first-order chi connectivity index (χ1) is 11.7. The zero-order valence-corrected chi connectivity index (χ0v) is 13.7. The van der Waals surface area contributed by atoms with Crippen LogP contribution in [0, 0.1) is 6.92 Å². The fraction of sp³-hybridized carbons (Fsp3) is 0.263. The molecule has 1 amide bonds. The van der Waals surface area contributed by atoms with Crippen molar-refractivity contribution in [2.24, 2.45) is 0 Å². The van der Waals surface area contributed by atoms with Gasteiger partial charge in [-0.15, -0.1) is 0 Å². The lowest BCUT2D eigenvalue weighted by Crippen LogP contribution is -2.20. The van der Waals surface area contributed by atoms with E-state index in [1.165, 1.54) is 12.8 Å². The van der Waals surface area contributed by atoms with Crippen LogP contribution in [0.2, 0.25) is 0 Å². The van der Waals surface area contributed by atoms with Gasteiger partial charge in [-0.3, -0.25) is 4.79 Å². The maximum atomic E-state index is 12.5. The van der Waals surface area contributed by atoms with Gasteiger partial charge in [0.2, 0.25) is 0 Å². The van der Waals surface area contributed by atoms with Gasteiger partial charge >= 0.3 is 0 Å². The zero-order valence-electron chi connectivity index (χ0n) is 13.7. The molecule has 1 aromatic carbocycles. The first-order valence-corrected chi connectivity index (χ1v) is 8.32. The van der Waals surface area contributed by atoms with Gasteiger partial charge in [-0.05, 0) is 55.5 Å². The van der Waals surface area contributed by atoms with E-state index in [4.69, 9.17) is 0 Å². The Hall–Kier alpha value is -2.82. The first kappa shape index (κ1) is 14.8. The van der Waals surface area contributed by atoms with Crippen LogP contribution in [0.3, 0.4) is 0 Å². The fourth-order valence-electron chi connectivity index (χ4n) is 3.19. The van der Waals surface area contributed by atoms with E-state index in [0.29, 0.717) is 5.56 Å². The summed E-state index contributed by atoms with van der Waals surface area (Å²) in [5, 5.41) is 4.06. The van der Waals surface area contributed by atoms with Crippen LogP contribution in [0.4, 0.5) is 11.5 Å². The Bertz CT molecular complexity index is 893. The Morgan fingerprint density at radius 3 is 2.79 bits per heavy atom. The van der Waals surface area contributed by atoms with Crippen molar-refractivity contribution >= 4 is 28.3 Å². The molecule has 5 heteroatoms. The summed E-state index contributed by atoms with van der Waals surface area (Å²) in [7, 11) is 0. The highest BCUT2D eigenvalue weighted by atomic mass is 16.1. The van der Waals surface area contributed by atoms with Crippen LogP contribution in [0.25, 0.3) is 10.9 Å². The highest BCUT2D eigenvalue weighted by Gasteiger charge is 2.15. The summed E-state index contributed by atoms with van der Waals surface area (Å²) in [4.78, 5) is 22.6. The Morgan fingerprint density at radius 1 is 1.17 bits per heavy atom. The van der Waals surface area contributed by atoms with E-state index in [2.05, 4.69) is 20.2 Å². The van der Waals surface area contributed by atoms with Gasteiger partial charge in [-0.2, -0.15) is 0 Å². The van der Waals surface area contributed by atoms with Gasteiger partial charge in [0.25, 0.3) is 5.91 Å². The molecule has 1 fully saturated rings. The van der Waals surface area contributed by atoms with Crippen LogP contribution in [0.5, 0.6) is 0 Å². The normalized spacial score (nSPS) is 14.3. The summed E-state index contributed by atoms with van der Waals surface area (Å²) in [5.74, 6) is 0.876. The van der Waals surface area contributed by atoms with Crippen LogP contribution < -0.4 is 10.2 Å². The molecule has 0 aliphatic carbocycles. The lowest BCUT2D eigenvalue weighted by Gasteiger charge is -2.18. The third-order valence-electron chi connectivity index (χ3n) is 4.57. The van der Waals surface area contributed by atoms with Crippen molar-refractivity contribution in [3.8, 4) is 0 Å². The number of aromatic amines is 1. The molecule has 0 spiro atoms. The minimum Gasteiger partial charge on any atom is -0.361 e. The van der Waals surface area contributed by atoms with E-state index in [0.717, 1.165) is 41.2 Å². The number of amides is 1. The molecule has 122 valence electrons. The van der Waals surface area contributed by atoms with Gasteiger partial charge in [0.15, 0.2) is 0 Å². The standard InChI is InChI=1S/C19H20N4O/c1-13-16(6-7-18(21-13)23-10-2-3-11-23)22-19(24)15-5-4-14-8-9-20-17(14)12-15/h4-9,12,20H,2-3,10-11H2,1H3,(H,22,24). The van der Waals surface area contributed by atoms with E-state index in [-0.39, 0.29) is 5.91 Å². The highest BCUT2D eigenvalue weighted by Crippen LogP contribution is 2.23. The lowest BCUT2D eigenvalue weighted by molar-refractivity contribution is 0.102. The predicted molar refractivity (Wildman–Crippen MR) is 96.7 cm³/mol. The van der Waals surface area contributed by atoms with Gasteiger partial charge in [0, 0.05) is 30.4 Å². The number of aryl methyl sites for hydroxylation is 1. The van der Waals surface area contributed by atoms with Crippen LogP contribution in [-0.2, 0) is 0 Å². The van der Waals surface area contributed by atoms with E-state index in [9.17, 15) is 4.79 Å². The number of hydrogen-bond donors (Lipinski definition) is 2. The molecular formula is C19H20N4O. The fourth-order valence-corrected chi connectivity index (χ4v) is 3.19. The molecule has 2 aromatic heterocycles. The Balaban J connectivity index is 1.54. The number of rotatable bonds is 3. The Kier molecular flexibility index (Phi) is 3.69. The van der Waals surface area contributed by atoms with Crippen molar-refractivity contribution in [2.75, 3.05) is 23.3 Å². The number of carbonyl (C=O) groups excluding carboxylic acids is 1. The summed E-state index contributed by atoms with van der Waals surface area (Å²) in [6.07, 6.45) is 4.32. The molecule has 1 aliphatic rings. The minimum absolute atomic E-state index is 0.120. The molecular weight excluding hydrogens is 300 g/mol. The third-order valence-corrected chi connectivity index (χ3v) is 4.57. The first-order valence-electron chi connectivity index (χ1n) is 8.32. The maximum Gasteiger partial charge on any atom is 0.255 e. The molecule has 0 atom stereocenters. The molecule has 3 heterocycles. The van der Waals surface area contributed by atoms with E-state index in [1.54, 1.807) is 0 Å². The van der Waals surface area contributed by atoms with Gasteiger partial charge in [0.05, 0.1) is 11.4 Å². The van der Waals surface area contributed by atoms with Crippen molar-refractivity contribution in [3.05, 3.63) is 53.9 Å². The summed E-state index contributed by atoms with van der Waals surface area (Å²) < 4.78 is 0. The molecule has 3 aromatic rings. The monoisotopic (exact) mass is 320 g/mol. The predicted octanol–water partition coefficient (Wildman–Crippen LogP) is 3.72. The number of anilines is 2. The average Bonchev–Trinajstić information content (AvgIpc) is 3.27. The van der Waals surface area contributed by atoms with E-state index < -0.39 is 0 Å². The number of benzene rings is 1. The molecule has 0 unspecified atom stereocenters. The number of carbonyl (C=O) groups is 1. The molecule has 0 radical (unpaired) electrons. The number of nitrogens with zero attached hydrogens (tertiary/aromatic N) is 2. The summed E-state index contributed by atoms with van der Waals surface area (Å²) in [5.41, 5.74) is 3.19. The number of fused-ring (bicyclic) bond motifs is 1. The van der Waals surface area contributed by atoms with E-state index >= 15 is 0 Å². The molecule has 1 saturated heterocycles. The summed E-state index contributed by atoms with van der Waals surface area (Å²) >= 11 is 0. The molecule has 1 aliphatic heterocycles. The highest BCUT2D eigenvalue weighted by molar-refractivity contribution is 6.06. The quantitative estimate of drug-likeness (QED) is 0.773. The molecule has 0 saturated carbocycles. The van der Waals surface area contributed by atoms with Gasteiger partial charge in [-0.1, -0.05) is 6.07 Å². The van der Waals surface area contributed by atoms with Crippen molar-refractivity contribution in [1.82, 2.24) is 9.97 Å². The second-order valence-corrected chi connectivity index (χ2v) is 6.23. The topological polar surface area (TPSA) is 61.0 Å².